The lowest BCUT2D eigenvalue weighted by Gasteiger charge is -2.21. The molecule has 2 nitrogen and oxygen atoms in total. The maximum Gasteiger partial charge on any atom is 0.115 e. The van der Waals surface area contributed by atoms with E-state index in [0.717, 1.165) is 5.56 Å². The van der Waals surface area contributed by atoms with Crippen LogP contribution in [0.5, 0.6) is 5.75 Å². The van der Waals surface area contributed by atoms with E-state index in [9.17, 15) is 5.11 Å². The molecular formula is C17H21NO. The van der Waals surface area contributed by atoms with Gasteiger partial charge in [0, 0.05) is 12.1 Å². The highest BCUT2D eigenvalue weighted by Gasteiger charge is 2.11. The molecule has 0 aliphatic heterocycles. The summed E-state index contributed by atoms with van der Waals surface area (Å²) < 4.78 is 0. The normalized spacial score (nSPS) is 14.1. The van der Waals surface area contributed by atoms with E-state index in [2.05, 4.69) is 50.4 Å². The number of hydrogen-bond donors (Lipinski definition) is 2. The fourth-order valence-electron chi connectivity index (χ4n) is 2.30. The van der Waals surface area contributed by atoms with E-state index in [0.29, 0.717) is 5.75 Å². The molecule has 100 valence electrons. The first-order valence-corrected chi connectivity index (χ1v) is 6.68. The molecule has 2 rings (SSSR count). The highest BCUT2D eigenvalue weighted by Crippen LogP contribution is 2.22. The van der Waals surface area contributed by atoms with Gasteiger partial charge in [-0.1, -0.05) is 42.0 Å². The summed E-state index contributed by atoms with van der Waals surface area (Å²) in [5.74, 6) is 0.314. The maximum absolute atomic E-state index is 9.52. The second kappa shape index (κ2) is 5.89. The Kier molecular flexibility index (Phi) is 4.23. The summed E-state index contributed by atoms with van der Waals surface area (Å²) in [7, 11) is 0. The van der Waals surface area contributed by atoms with Gasteiger partial charge in [0.2, 0.25) is 0 Å². The van der Waals surface area contributed by atoms with E-state index in [1.165, 1.54) is 11.1 Å². The zero-order valence-electron chi connectivity index (χ0n) is 11.7. The number of aromatic hydroxyl groups is 1. The van der Waals surface area contributed by atoms with Crippen LogP contribution in [0.15, 0.2) is 48.5 Å². The van der Waals surface area contributed by atoms with Crippen molar-refractivity contribution in [3.05, 3.63) is 65.2 Å². The predicted molar refractivity (Wildman–Crippen MR) is 79.3 cm³/mol. The number of benzene rings is 2. The van der Waals surface area contributed by atoms with Gasteiger partial charge >= 0.3 is 0 Å². The van der Waals surface area contributed by atoms with Crippen LogP contribution in [-0.2, 0) is 0 Å². The van der Waals surface area contributed by atoms with E-state index in [1.807, 2.05) is 12.1 Å². The molecule has 2 aromatic carbocycles. The Bertz CT molecular complexity index is 501. The minimum atomic E-state index is 0.197. The SMILES string of the molecule is Cc1cccc([C@H](C)NC(C)c2cccc(O)c2)c1. The molecule has 0 aliphatic rings. The molecule has 0 aromatic heterocycles. The molecule has 0 amide bonds. The van der Waals surface area contributed by atoms with Crippen LogP contribution in [-0.4, -0.2) is 5.11 Å². The third-order valence-electron chi connectivity index (χ3n) is 3.41. The molecule has 0 fully saturated rings. The van der Waals surface area contributed by atoms with E-state index in [4.69, 9.17) is 0 Å². The Balaban J connectivity index is 2.08. The summed E-state index contributed by atoms with van der Waals surface area (Å²) in [6.07, 6.45) is 0. The van der Waals surface area contributed by atoms with Gasteiger partial charge in [0.25, 0.3) is 0 Å². The molecule has 0 spiro atoms. The second-order valence-corrected chi connectivity index (χ2v) is 5.12. The van der Waals surface area contributed by atoms with E-state index >= 15 is 0 Å². The summed E-state index contributed by atoms with van der Waals surface area (Å²) in [5, 5.41) is 13.1. The topological polar surface area (TPSA) is 32.3 Å². The molecule has 0 saturated heterocycles. The van der Waals surface area contributed by atoms with Crippen molar-refractivity contribution in [2.45, 2.75) is 32.9 Å². The summed E-state index contributed by atoms with van der Waals surface area (Å²) in [6, 6.07) is 16.4. The lowest BCUT2D eigenvalue weighted by atomic mass is 10.0. The van der Waals surface area contributed by atoms with Crippen molar-refractivity contribution in [2.24, 2.45) is 0 Å². The van der Waals surface area contributed by atoms with Crippen molar-refractivity contribution < 1.29 is 5.11 Å². The molecule has 2 N–H and O–H groups in total. The first-order valence-electron chi connectivity index (χ1n) is 6.68. The number of hydrogen-bond acceptors (Lipinski definition) is 2. The van der Waals surface area contributed by atoms with Crippen molar-refractivity contribution in [1.29, 1.82) is 0 Å². The lowest BCUT2D eigenvalue weighted by Crippen LogP contribution is -2.22. The monoisotopic (exact) mass is 255 g/mol. The largest absolute Gasteiger partial charge is 0.508 e. The van der Waals surface area contributed by atoms with E-state index < -0.39 is 0 Å². The van der Waals surface area contributed by atoms with Crippen molar-refractivity contribution in [1.82, 2.24) is 5.32 Å². The van der Waals surface area contributed by atoms with Gasteiger partial charge in [-0.25, -0.2) is 0 Å². The van der Waals surface area contributed by atoms with E-state index in [1.54, 1.807) is 12.1 Å². The third-order valence-corrected chi connectivity index (χ3v) is 3.41. The number of aryl methyl sites for hydroxylation is 1. The standard InChI is InChI=1S/C17H21NO/c1-12-6-4-7-15(10-12)13(2)18-14(3)16-8-5-9-17(19)11-16/h4-11,13-14,18-19H,1-3H3/t13-,14?/m0/s1. The molecular weight excluding hydrogens is 234 g/mol. The molecule has 0 bridgehead atoms. The number of phenols is 1. The fraction of sp³-hybridized carbons (Fsp3) is 0.294. The Morgan fingerprint density at radius 3 is 2.05 bits per heavy atom. The van der Waals surface area contributed by atoms with Crippen molar-refractivity contribution >= 4 is 0 Å². The summed E-state index contributed by atoms with van der Waals surface area (Å²) >= 11 is 0. The predicted octanol–water partition coefficient (Wildman–Crippen LogP) is 4.11. The molecule has 1 unspecified atom stereocenters. The van der Waals surface area contributed by atoms with Crippen molar-refractivity contribution in [2.75, 3.05) is 0 Å². The smallest absolute Gasteiger partial charge is 0.115 e. The van der Waals surface area contributed by atoms with Crippen LogP contribution in [0.4, 0.5) is 0 Å². The molecule has 2 aromatic rings. The second-order valence-electron chi connectivity index (χ2n) is 5.12. The van der Waals surface area contributed by atoms with Crippen molar-refractivity contribution in [3.8, 4) is 5.75 Å². The highest BCUT2D eigenvalue weighted by molar-refractivity contribution is 5.30. The summed E-state index contributed by atoms with van der Waals surface area (Å²) in [5.41, 5.74) is 3.66. The van der Waals surface area contributed by atoms with Crippen LogP contribution >= 0.6 is 0 Å². The molecule has 0 radical (unpaired) electrons. The Labute approximate surface area is 115 Å². The van der Waals surface area contributed by atoms with Gasteiger partial charge in [-0.3, -0.25) is 0 Å². The van der Waals surface area contributed by atoms with E-state index in [-0.39, 0.29) is 12.1 Å². The molecule has 2 atom stereocenters. The first-order chi connectivity index (χ1) is 9.06. The van der Waals surface area contributed by atoms with Crippen LogP contribution in [0.3, 0.4) is 0 Å². The Morgan fingerprint density at radius 1 is 0.895 bits per heavy atom. The molecule has 0 saturated carbocycles. The Hall–Kier alpha value is -1.80. The van der Waals surface area contributed by atoms with Gasteiger partial charge in [-0.15, -0.1) is 0 Å². The van der Waals surface area contributed by atoms with Gasteiger partial charge in [-0.05, 0) is 44.0 Å². The third kappa shape index (κ3) is 3.58. The van der Waals surface area contributed by atoms with Gasteiger partial charge in [-0.2, -0.15) is 0 Å². The van der Waals surface area contributed by atoms with Crippen LogP contribution in [0, 0.1) is 6.92 Å². The zero-order valence-corrected chi connectivity index (χ0v) is 11.7. The van der Waals surface area contributed by atoms with Crippen LogP contribution in [0.2, 0.25) is 0 Å². The Morgan fingerprint density at radius 2 is 1.47 bits per heavy atom. The summed E-state index contributed by atoms with van der Waals surface area (Å²) in [6.45, 7) is 6.38. The lowest BCUT2D eigenvalue weighted by molar-refractivity contribution is 0.466. The maximum atomic E-state index is 9.52. The minimum Gasteiger partial charge on any atom is -0.508 e. The average molecular weight is 255 g/mol. The van der Waals surface area contributed by atoms with Crippen LogP contribution in [0.25, 0.3) is 0 Å². The highest BCUT2D eigenvalue weighted by atomic mass is 16.3. The number of rotatable bonds is 4. The van der Waals surface area contributed by atoms with Gasteiger partial charge in [0.05, 0.1) is 0 Å². The number of nitrogens with one attached hydrogen (secondary N) is 1. The minimum absolute atomic E-state index is 0.197. The molecule has 0 heterocycles. The van der Waals surface area contributed by atoms with Gasteiger partial charge in [0.1, 0.15) is 5.75 Å². The molecule has 2 heteroatoms. The molecule has 19 heavy (non-hydrogen) atoms. The first kappa shape index (κ1) is 13.6. The summed E-state index contributed by atoms with van der Waals surface area (Å²) in [4.78, 5) is 0. The van der Waals surface area contributed by atoms with Gasteiger partial charge in [0.15, 0.2) is 0 Å². The van der Waals surface area contributed by atoms with Gasteiger partial charge < -0.3 is 10.4 Å². The van der Waals surface area contributed by atoms with Crippen molar-refractivity contribution in [3.63, 3.8) is 0 Å². The number of phenolic OH excluding ortho intramolecular Hbond substituents is 1. The van der Waals surface area contributed by atoms with Crippen LogP contribution < -0.4 is 5.32 Å². The zero-order chi connectivity index (χ0) is 13.8. The fourth-order valence-corrected chi connectivity index (χ4v) is 2.30. The quantitative estimate of drug-likeness (QED) is 0.861. The molecule has 0 aliphatic carbocycles. The average Bonchev–Trinajstić information content (AvgIpc) is 2.38. The van der Waals surface area contributed by atoms with Crippen LogP contribution in [0.1, 0.15) is 42.6 Å².